The van der Waals surface area contributed by atoms with Crippen molar-refractivity contribution >= 4 is 5.65 Å². The Balaban J connectivity index is 2.65. The van der Waals surface area contributed by atoms with E-state index in [0.717, 1.165) is 22.7 Å². The van der Waals surface area contributed by atoms with Crippen molar-refractivity contribution in [3.05, 3.63) is 29.5 Å². The van der Waals surface area contributed by atoms with Crippen molar-refractivity contribution in [2.24, 2.45) is 0 Å². The molecule has 0 spiro atoms. The lowest BCUT2D eigenvalue weighted by Crippen LogP contribution is -2.04. The van der Waals surface area contributed by atoms with Crippen LogP contribution in [0.2, 0.25) is 0 Å². The van der Waals surface area contributed by atoms with Gasteiger partial charge in [0.1, 0.15) is 6.33 Å². The van der Waals surface area contributed by atoms with E-state index in [0.29, 0.717) is 12.5 Å². The van der Waals surface area contributed by atoms with Crippen molar-refractivity contribution in [3.63, 3.8) is 0 Å². The van der Waals surface area contributed by atoms with Crippen LogP contribution in [0.3, 0.4) is 0 Å². The molecule has 0 fully saturated rings. The zero-order chi connectivity index (χ0) is 11.7. The van der Waals surface area contributed by atoms with Crippen molar-refractivity contribution in [2.75, 3.05) is 7.11 Å². The van der Waals surface area contributed by atoms with Crippen LogP contribution in [0.1, 0.15) is 36.8 Å². The molecule has 4 heteroatoms. The van der Waals surface area contributed by atoms with E-state index in [1.807, 2.05) is 11.3 Å². The van der Waals surface area contributed by atoms with Crippen molar-refractivity contribution in [2.45, 2.75) is 33.3 Å². The van der Waals surface area contributed by atoms with Crippen LogP contribution in [-0.2, 0) is 11.3 Å². The minimum Gasteiger partial charge on any atom is -0.378 e. The number of nitrogens with zero attached hydrogens (tertiary/aromatic N) is 3. The van der Waals surface area contributed by atoms with Crippen molar-refractivity contribution < 1.29 is 4.74 Å². The molecular weight excluding hydrogens is 202 g/mol. The van der Waals surface area contributed by atoms with Crippen LogP contribution in [0.5, 0.6) is 0 Å². The lowest BCUT2D eigenvalue weighted by molar-refractivity contribution is 0.180. The standard InChI is InChI=1S/C12H17N3O/c1-8(2)11-5-10(6-16-4)15-7-13-9(3)12(15)14-11/h5,7-8H,6H2,1-4H3. The normalized spacial score (nSPS) is 11.6. The van der Waals surface area contributed by atoms with Gasteiger partial charge in [0.05, 0.1) is 18.0 Å². The maximum absolute atomic E-state index is 5.20. The lowest BCUT2D eigenvalue weighted by Gasteiger charge is -2.10. The second kappa shape index (κ2) is 4.22. The van der Waals surface area contributed by atoms with Crippen molar-refractivity contribution in [1.82, 2.24) is 14.4 Å². The van der Waals surface area contributed by atoms with Gasteiger partial charge in [-0.2, -0.15) is 0 Å². The Morgan fingerprint density at radius 1 is 1.44 bits per heavy atom. The number of fused-ring (bicyclic) bond motifs is 1. The van der Waals surface area contributed by atoms with E-state index < -0.39 is 0 Å². The maximum atomic E-state index is 5.20. The first-order valence-corrected chi connectivity index (χ1v) is 5.46. The fraction of sp³-hybridized carbons (Fsp3) is 0.500. The van der Waals surface area contributed by atoms with Gasteiger partial charge in [-0.3, -0.25) is 4.40 Å². The summed E-state index contributed by atoms with van der Waals surface area (Å²) in [7, 11) is 1.70. The van der Waals surface area contributed by atoms with Crippen molar-refractivity contribution in [1.29, 1.82) is 0 Å². The van der Waals surface area contributed by atoms with Crippen LogP contribution in [-0.4, -0.2) is 21.5 Å². The molecular formula is C12H17N3O. The minimum atomic E-state index is 0.412. The third-order valence-corrected chi connectivity index (χ3v) is 2.66. The summed E-state index contributed by atoms with van der Waals surface area (Å²) < 4.78 is 7.19. The van der Waals surface area contributed by atoms with Crippen LogP contribution in [0, 0.1) is 6.92 Å². The summed E-state index contributed by atoms with van der Waals surface area (Å²) >= 11 is 0. The smallest absolute Gasteiger partial charge is 0.159 e. The Morgan fingerprint density at radius 2 is 2.19 bits per heavy atom. The number of imidazole rings is 1. The maximum Gasteiger partial charge on any atom is 0.159 e. The zero-order valence-corrected chi connectivity index (χ0v) is 10.2. The molecule has 2 aromatic heterocycles. The first kappa shape index (κ1) is 11.1. The van der Waals surface area contributed by atoms with E-state index in [4.69, 9.17) is 4.74 Å². The average molecular weight is 219 g/mol. The van der Waals surface area contributed by atoms with Crippen LogP contribution >= 0.6 is 0 Å². The number of ether oxygens (including phenoxy) is 1. The molecule has 0 saturated heterocycles. The minimum absolute atomic E-state index is 0.412. The number of hydrogen-bond acceptors (Lipinski definition) is 3. The molecule has 0 radical (unpaired) electrons. The zero-order valence-electron chi connectivity index (χ0n) is 10.2. The molecule has 0 N–H and O–H groups in total. The fourth-order valence-corrected chi connectivity index (χ4v) is 1.73. The fourth-order valence-electron chi connectivity index (χ4n) is 1.73. The lowest BCUT2D eigenvalue weighted by atomic mass is 10.1. The molecule has 0 atom stereocenters. The Hall–Kier alpha value is -1.42. The molecule has 2 aromatic rings. The molecule has 0 aromatic carbocycles. The molecule has 86 valence electrons. The van der Waals surface area contributed by atoms with Gasteiger partial charge in [-0.15, -0.1) is 0 Å². The monoisotopic (exact) mass is 219 g/mol. The SMILES string of the molecule is COCc1cc(C(C)C)nc2c(C)ncn12. The third kappa shape index (κ3) is 1.80. The van der Waals surface area contributed by atoms with Gasteiger partial charge in [-0.05, 0) is 18.9 Å². The second-order valence-electron chi connectivity index (χ2n) is 4.28. The summed E-state index contributed by atoms with van der Waals surface area (Å²) in [6.45, 7) is 6.83. The molecule has 0 aliphatic heterocycles. The van der Waals surface area contributed by atoms with Crippen molar-refractivity contribution in [3.8, 4) is 0 Å². The summed E-state index contributed by atoms with van der Waals surface area (Å²) in [5.74, 6) is 0.412. The summed E-state index contributed by atoms with van der Waals surface area (Å²) in [6.07, 6.45) is 1.80. The summed E-state index contributed by atoms with van der Waals surface area (Å²) in [5, 5.41) is 0. The highest BCUT2D eigenvalue weighted by Gasteiger charge is 2.10. The average Bonchev–Trinajstić information content (AvgIpc) is 2.61. The Labute approximate surface area is 95.3 Å². The third-order valence-electron chi connectivity index (χ3n) is 2.66. The van der Waals surface area contributed by atoms with E-state index in [1.165, 1.54) is 0 Å². The van der Waals surface area contributed by atoms with E-state index >= 15 is 0 Å². The Morgan fingerprint density at radius 3 is 2.81 bits per heavy atom. The van der Waals surface area contributed by atoms with Gasteiger partial charge in [0.2, 0.25) is 0 Å². The molecule has 0 amide bonds. The molecule has 0 unspecified atom stereocenters. The quantitative estimate of drug-likeness (QED) is 0.795. The molecule has 0 bridgehead atoms. The van der Waals surface area contributed by atoms with Gasteiger partial charge in [0.25, 0.3) is 0 Å². The van der Waals surface area contributed by atoms with E-state index in [1.54, 1.807) is 13.4 Å². The molecule has 2 rings (SSSR count). The number of aryl methyl sites for hydroxylation is 1. The van der Waals surface area contributed by atoms with Crippen LogP contribution in [0.15, 0.2) is 12.4 Å². The predicted molar refractivity (Wildman–Crippen MR) is 62.5 cm³/mol. The first-order chi connectivity index (χ1) is 7.63. The van der Waals surface area contributed by atoms with Crippen LogP contribution < -0.4 is 0 Å². The molecule has 0 aliphatic carbocycles. The predicted octanol–water partition coefficient (Wildman–Crippen LogP) is 2.31. The van der Waals surface area contributed by atoms with Gasteiger partial charge in [-0.1, -0.05) is 13.8 Å². The Kier molecular flexibility index (Phi) is 2.92. The molecule has 4 nitrogen and oxygen atoms in total. The van der Waals surface area contributed by atoms with Gasteiger partial charge in [0.15, 0.2) is 5.65 Å². The summed E-state index contributed by atoms with van der Waals surface area (Å²) in [6, 6.07) is 2.09. The molecule has 2 heterocycles. The van der Waals surface area contributed by atoms with Gasteiger partial charge < -0.3 is 4.74 Å². The summed E-state index contributed by atoms with van der Waals surface area (Å²) in [5.41, 5.74) is 4.07. The van der Waals surface area contributed by atoms with E-state index in [2.05, 4.69) is 29.9 Å². The van der Waals surface area contributed by atoms with E-state index in [9.17, 15) is 0 Å². The second-order valence-corrected chi connectivity index (χ2v) is 4.28. The molecule has 0 saturated carbocycles. The first-order valence-electron chi connectivity index (χ1n) is 5.46. The topological polar surface area (TPSA) is 39.4 Å². The highest BCUT2D eigenvalue weighted by molar-refractivity contribution is 5.45. The summed E-state index contributed by atoms with van der Waals surface area (Å²) in [4.78, 5) is 8.91. The van der Waals surface area contributed by atoms with Crippen LogP contribution in [0.4, 0.5) is 0 Å². The molecule has 0 aliphatic rings. The van der Waals surface area contributed by atoms with Gasteiger partial charge in [-0.25, -0.2) is 9.97 Å². The number of hydrogen-bond donors (Lipinski definition) is 0. The largest absolute Gasteiger partial charge is 0.378 e. The molecule has 16 heavy (non-hydrogen) atoms. The number of aromatic nitrogens is 3. The Bertz CT molecular complexity index is 502. The highest BCUT2D eigenvalue weighted by Crippen LogP contribution is 2.17. The van der Waals surface area contributed by atoms with Gasteiger partial charge >= 0.3 is 0 Å². The number of methoxy groups -OCH3 is 1. The van der Waals surface area contributed by atoms with E-state index in [-0.39, 0.29) is 0 Å². The van der Waals surface area contributed by atoms with Crippen LogP contribution in [0.25, 0.3) is 5.65 Å². The van der Waals surface area contributed by atoms with Gasteiger partial charge in [0, 0.05) is 12.8 Å². The highest BCUT2D eigenvalue weighted by atomic mass is 16.5. The number of rotatable bonds is 3.